The number of rotatable bonds is 8. The average Bonchev–Trinajstić information content (AvgIpc) is 3.06. The van der Waals surface area contributed by atoms with Gasteiger partial charge in [-0.05, 0) is 43.8 Å². The molecule has 0 aliphatic carbocycles. The third-order valence-electron chi connectivity index (χ3n) is 5.70. The molecule has 1 aliphatic heterocycles. The number of methoxy groups -OCH3 is 2. The van der Waals surface area contributed by atoms with E-state index in [4.69, 9.17) is 9.47 Å². The predicted molar refractivity (Wildman–Crippen MR) is 123 cm³/mol. The SMILES string of the molecule is CCc1ccc(C2/C(=C(\O)c3c(OC)cccc3OC)C(=O)C(=O)N2CCN(C)C)cc1. The summed E-state index contributed by atoms with van der Waals surface area (Å²) in [4.78, 5) is 29.7. The molecule has 7 nitrogen and oxygen atoms in total. The van der Waals surface area contributed by atoms with Crippen molar-refractivity contribution in [1.29, 1.82) is 0 Å². The molecule has 2 aromatic rings. The maximum Gasteiger partial charge on any atom is 0.295 e. The first kappa shape index (κ1) is 23.3. The highest BCUT2D eigenvalue weighted by Gasteiger charge is 2.46. The Hall–Kier alpha value is -3.32. The van der Waals surface area contributed by atoms with Crippen molar-refractivity contribution < 1.29 is 24.2 Å². The lowest BCUT2D eigenvalue weighted by atomic mass is 9.94. The number of carbonyl (C=O) groups excluding carboxylic acids is 2. The van der Waals surface area contributed by atoms with Crippen LogP contribution in [0.15, 0.2) is 48.0 Å². The number of likely N-dealkylation sites (tertiary alicyclic amines) is 1. The van der Waals surface area contributed by atoms with Crippen LogP contribution in [0.2, 0.25) is 0 Å². The molecule has 1 saturated heterocycles. The summed E-state index contributed by atoms with van der Waals surface area (Å²) >= 11 is 0. The van der Waals surface area contributed by atoms with E-state index in [-0.39, 0.29) is 16.9 Å². The fourth-order valence-electron chi connectivity index (χ4n) is 3.92. The molecule has 1 aliphatic rings. The molecule has 1 amide bonds. The Morgan fingerprint density at radius 3 is 2.12 bits per heavy atom. The van der Waals surface area contributed by atoms with Gasteiger partial charge in [0.2, 0.25) is 0 Å². The van der Waals surface area contributed by atoms with Crippen LogP contribution in [-0.4, -0.2) is 68.0 Å². The Bertz CT molecular complexity index is 1000. The first-order valence-corrected chi connectivity index (χ1v) is 10.6. The van der Waals surface area contributed by atoms with Crippen LogP contribution in [0.5, 0.6) is 11.5 Å². The zero-order chi connectivity index (χ0) is 23.4. The van der Waals surface area contributed by atoms with Gasteiger partial charge >= 0.3 is 0 Å². The highest BCUT2D eigenvalue weighted by molar-refractivity contribution is 6.46. The number of aryl methyl sites for hydroxylation is 1. The number of aliphatic hydroxyl groups is 1. The van der Waals surface area contributed by atoms with Gasteiger partial charge in [-0.3, -0.25) is 9.59 Å². The molecular weight excluding hydrogens is 408 g/mol. The summed E-state index contributed by atoms with van der Waals surface area (Å²) in [5, 5.41) is 11.4. The van der Waals surface area contributed by atoms with Gasteiger partial charge in [-0.15, -0.1) is 0 Å². The molecule has 0 saturated carbocycles. The van der Waals surface area contributed by atoms with Gasteiger partial charge in [0, 0.05) is 13.1 Å². The van der Waals surface area contributed by atoms with Crippen LogP contribution in [0.4, 0.5) is 0 Å². The van der Waals surface area contributed by atoms with Crippen LogP contribution >= 0.6 is 0 Å². The topological polar surface area (TPSA) is 79.3 Å². The number of hydrogen-bond donors (Lipinski definition) is 1. The van der Waals surface area contributed by atoms with Gasteiger partial charge in [0.15, 0.2) is 0 Å². The zero-order valence-electron chi connectivity index (χ0n) is 19.2. The summed E-state index contributed by atoms with van der Waals surface area (Å²) in [6, 6.07) is 12.1. The molecule has 7 heteroatoms. The van der Waals surface area contributed by atoms with E-state index in [1.54, 1.807) is 18.2 Å². The monoisotopic (exact) mass is 438 g/mol. The molecule has 1 heterocycles. The molecule has 1 unspecified atom stereocenters. The molecule has 32 heavy (non-hydrogen) atoms. The first-order chi connectivity index (χ1) is 15.3. The minimum absolute atomic E-state index is 0.0285. The number of hydrogen-bond acceptors (Lipinski definition) is 6. The summed E-state index contributed by atoms with van der Waals surface area (Å²) in [5.74, 6) is -0.969. The average molecular weight is 439 g/mol. The van der Waals surface area contributed by atoms with Gasteiger partial charge < -0.3 is 24.4 Å². The highest BCUT2D eigenvalue weighted by atomic mass is 16.5. The zero-order valence-corrected chi connectivity index (χ0v) is 19.2. The molecular formula is C25H30N2O5. The summed E-state index contributed by atoms with van der Waals surface area (Å²) in [6.45, 7) is 2.98. The number of ketones is 1. The Morgan fingerprint density at radius 2 is 1.62 bits per heavy atom. The molecule has 0 aromatic heterocycles. The van der Waals surface area contributed by atoms with Gasteiger partial charge in [0.1, 0.15) is 22.8 Å². The quantitative estimate of drug-likeness (QED) is 0.387. The van der Waals surface area contributed by atoms with Crippen LogP contribution in [0.25, 0.3) is 5.76 Å². The lowest BCUT2D eigenvalue weighted by Gasteiger charge is -2.27. The van der Waals surface area contributed by atoms with Gasteiger partial charge in [-0.25, -0.2) is 0 Å². The summed E-state index contributed by atoms with van der Waals surface area (Å²) < 4.78 is 10.8. The van der Waals surface area contributed by atoms with E-state index in [9.17, 15) is 14.7 Å². The van der Waals surface area contributed by atoms with Gasteiger partial charge in [-0.1, -0.05) is 37.3 Å². The molecule has 0 radical (unpaired) electrons. The second-order valence-electron chi connectivity index (χ2n) is 7.93. The third-order valence-corrected chi connectivity index (χ3v) is 5.70. The number of likely N-dealkylation sites (N-methyl/N-ethyl adjacent to an activating group) is 1. The van der Waals surface area contributed by atoms with Crippen molar-refractivity contribution in [3.63, 3.8) is 0 Å². The number of aliphatic hydroxyl groups excluding tert-OH is 1. The molecule has 3 rings (SSSR count). The molecule has 1 N–H and O–H groups in total. The van der Waals surface area contributed by atoms with E-state index in [0.29, 0.717) is 24.6 Å². The van der Waals surface area contributed by atoms with Crippen molar-refractivity contribution in [3.05, 3.63) is 64.7 Å². The predicted octanol–water partition coefficient (Wildman–Crippen LogP) is 3.25. The number of carbonyl (C=O) groups is 2. The van der Waals surface area contributed by atoms with E-state index < -0.39 is 17.7 Å². The van der Waals surface area contributed by atoms with Crippen molar-refractivity contribution in [2.45, 2.75) is 19.4 Å². The third kappa shape index (κ3) is 4.34. The summed E-state index contributed by atoms with van der Waals surface area (Å²) in [7, 11) is 6.76. The minimum atomic E-state index is -0.723. The van der Waals surface area contributed by atoms with Crippen molar-refractivity contribution in [2.75, 3.05) is 41.4 Å². The van der Waals surface area contributed by atoms with Gasteiger partial charge in [0.25, 0.3) is 11.7 Å². The number of amides is 1. The number of Topliss-reactive ketones (excluding diaryl/α,β-unsaturated/α-hetero) is 1. The molecule has 1 fully saturated rings. The highest BCUT2D eigenvalue weighted by Crippen LogP contribution is 2.43. The Morgan fingerprint density at radius 1 is 1.03 bits per heavy atom. The Kier molecular flexibility index (Phi) is 7.20. The number of ether oxygens (including phenoxy) is 2. The minimum Gasteiger partial charge on any atom is -0.506 e. The van der Waals surface area contributed by atoms with Crippen LogP contribution in [0, 0.1) is 0 Å². The van der Waals surface area contributed by atoms with E-state index in [0.717, 1.165) is 17.5 Å². The first-order valence-electron chi connectivity index (χ1n) is 10.6. The summed E-state index contributed by atoms with van der Waals surface area (Å²) in [5.41, 5.74) is 2.18. The van der Waals surface area contributed by atoms with Crippen LogP contribution in [-0.2, 0) is 16.0 Å². The van der Waals surface area contributed by atoms with Crippen molar-refractivity contribution in [2.24, 2.45) is 0 Å². The standard InChI is InChI=1S/C25H30N2O5/c1-6-16-10-12-17(13-11-16)22-21(24(29)25(30)27(22)15-14-26(2)3)23(28)20-18(31-4)8-7-9-19(20)32-5/h7-13,22,28H,6,14-15H2,1-5H3/b23-21+. The molecule has 0 bridgehead atoms. The van der Waals surface area contributed by atoms with Crippen molar-refractivity contribution in [3.8, 4) is 11.5 Å². The van der Waals surface area contributed by atoms with Crippen molar-refractivity contribution in [1.82, 2.24) is 9.80 Å². The number of nitrogens with zero attached hydrogens (tertiary/aromatic N) is 2. The van der Waals surface area contributed by atoms with Gasteiger partial charge in [0.05, 0.1) is 25.8 Å². The largest absolute Gasteiger partial charge is 0.506 e. The lowest BCUT2D eigenvalue weighted by Crippen LogP contribution is -2.35. The maximum atomic E-state index is 13.2. The van der Waals surface area contributed by atoms with Crippen molar-refractivity contribution >= 4 is 17.4 Å². The van der Waals surface area contributed by atoms with E-state index in [1.807, 2.05) is 43.3 Å². The van der Waals surface area contributed by atoms with Crippen LogP contribution < -0.4 is 9.47 Å². The Labute approximate surface area is 188 Å². The molecule has 0 spiro atoms. The van der Waals surface area contributed by atoms with E-state index >= 15 is 0 Å². The van der Waals surface area contributed by atoms with E-state index in [2.05, 4.69) is 6.92 Å². The normalized spacial score (nSPS) is 17.8. The van der Waals surface area contributed by atoms with Crippen LogP contribution in [0.1, 0.15) is 29.7 Å². The molecule has 170 valence electrons. The second kappa shape index (κ2) is 9.87. The maximum absolute atomic E-state index is 13.2. The van der Waals surface area contributed by atoms with Crippen LogP contribution in [0.3, 0.4) is 0 Å². The lowest BCUT2D eigenvalue weighted by molar-refractivity contribution is -0.140. The molecule has 2 aromatic carbocycles. The van der Waals surface area contributed by atoms with Gasteiger partial charge in [-0.2, -0.15) is 0 Å². The smallest absolute Gasteiger partial charge is 0.295 e. The fraction of sp³-hybridized carbons (Fsp3) is 0.360. The second-order valence-corrected chi connectivity index (χ2v) is 7.93. The Balaban J connectivity index is 2.23. The molecule has 1 atom stereocenters. The number of benzene rings is 2. The summed E-state index contributed by atoms with van der Waals surface area (Å²) in [6.07, 6.45) is 0.875. The fourth-order valence-corrected chi connectivity index (χ4v) is 3.92. The van der Waals surface area contributed by atoms with E-state index in [1.165, 1.54) is 19.1 Å².